The van der Waals surface area contributed by atoms with E-state index in [0.717, 1.165) is 5.69 Å². The zero-order valence-electron chi connectivity index (χ0n) is 12.9. The number of rotatable bonds is 4. The highest BCUT2D eigenvalue weighted by Crippen LogP contribution is 2.36. The summed E-state index contributed by atoms with van der Waals surface area (Å²) in [6, 6.07) is 12.4. The molecule has 3 N–H and O–H groups in total. The number of aromatic nitrogens is 2. The van der Waals surface area contributed by atoms with Crippen LogP contribution in [0.15, 0.2) is 48.7 Å². The van der Waals surface area contributed by atoms with Crippen molar-refractivity contribution < 1.29 is 14.3 Å². The molecule has 3 aromatic rings. The van der Waals surface area contributed by atoms with Crippen LogP contribution in [0, 0.1) is 0 Å². The number of nitrogens with zero attached hydrogens (tertiary/aromatic N) is 1. The van der Waals surface area contributed by atoms with E-state index in [1.807, 2.05) is 12.1 Å². The van der Waals surface area contributed by atoms with E-state index in [-0.39, 0.29) is 12.7 Å². The van der Waals surface area contributed by atoms with Gasteiger partial charge >= 0.3 is 0 Å². The summed E-state index contributed by atoms with van der Waals surface area (Å²) in [6.45, 7) is 0.102. The Labute approximate surface area is 147 Å². The molecule has 2 heterocycles. The lowest BCUT2D eigenvalue weighted by molar-refractivity contribution is 0.102. The molecule has 0 fully saturated rings. The first-order chi connectivity index (χ1) is 12.2. The van der Waals surface area contributed by atoms with Crippen molar-refractivity contribution in [3.63, 3.8) is 0 Å². The zero-order valence-corrected chi connectivity index (χ0v) is 13.6. The Bertz CT molecular complexity index is 941. The van der Waals surface area contributed by atoms with Crippen LogP contribution in [-0.2, 0) is 0 Å². The minimum Gasteiger partial charge on any atom is -0.454 e. The van der Waals surface area contributed by atoms with Crippen LogP contribution in [0.1, 0.15) is 10.4 Å². The molecule has 126 valence electrons. The number of carbonyl (C=O) groups is 1. The molecule has 0 spiro atoms. The summed E-state index contributed by atoms with van der Waals surface area (Å²) in [6.07, 6.45) is 1.57. The van der Waals surface area contributed by atoms with Gasteiger partial charge in [0.2, 0.25) is 6.79 Å². The molecule has 7 nitrogen and oxygen atoms in total. The van der Waals surface area contributed by atoms with Gasteiger partial charge in [-0.3, -0.25) is 9.89 Å². The number of anilines is 3. The van der Waals surface area contributed by atoms with Crippen LogP contribution in [0.2, 0.25) is 5.02 Å². The van der Waals surface area contributed by atoms with Gasteiger partial charge in [-0.05, 0) is 30.3 Å². The molecule has 1 aromatic heterocycles. The molecular weight excluding hydrogens is 344 g/mol. The lowest BCUT2D eigenvalue weighted by Gasteiger charge is -2.09. The minimum atomic E-state index is -0.333. The summed E-state index contributed by atoms with van der Waals surface area (Å²) >= 11 is 5.98. The number of hydrogen-bond donors (Lipinski definition) is 3. The summed E-state index contributed by atoms with van der Waals surface area (Å²) < 4.78 is 10.7. The van der Waals surface area contributed by atoms with Gasteiger partial charge < -0.3 is 20.1 Å². The average Bonchev–Trinajstić information content (AvgIpc) is 3.24. The van der Waals surface area contributed by atoms with Crippen LogP contribution in [0.4, 0.5) is 17.2 Å². The average molecular weight is 357 g/mol. The number of para-hydroxylation sites is 1. The van der Waals surface area contributed by atoms with Gasteiger partial charge in [0.25, 0.3) is 5.91 Å². The molecule has 1 aliphatic rings. The lowest BCUT2D eigenvalue weighted by atomic mass is 10.1. The van der Waals surface area contributed by atoms with E-state index in [1.54, 1.807) is 36.5 Å². The maximum Gasteiger partial charge on any atom is 0.260 e. The van der Waals surface area contributed by atoms with Crippen molar-refractivity contribution in [3.05, 3.63) is 59.2 Å². The fourth-order valence-corrected chi connectivity index (χ4v) is 2.68. The highest BCUT2D eigenvalue weighted by Gasteiger charge is 2.22. The number of amides is 1. The van der Waals surface area contributed by atoms with Gasteiger partial charge in [0.05, 0.1) is 11.8 Å². The van der Waals surface area contributed by atoms with E-state index in [4.69, 9.17) is 21.1 Å². The second kappa shape index (κ2) is 6.37. The molecule has 0 atom stereocenters. The minimum absolute atomic E-state index is 0.102. The van der Waals surface area contributed by atoms with Crippen molar-refractivity contribution in [2.45, 2.75) is 0 Å². The number of ether oxygens (including phenoxy) is 2. The molecule has 25 heavy (non-hydrogen) atoms. The van der Waals surface area contributed by atoms with Crippen LogP contribution in [0.3, 0.4) is 0 Å². The molecule has 0 aliphatic carbocycles. The van der Waals surface area contributed by atoms with Crippen LogP contribution in [0.5, 0.6) is 11.5 Å². The summed E-state index contributed by atoms with van der Waals surface area (Å²) in [4.78, 5) is 12.6. The Morgan fingerprint density at radius 1 is 1.20 bits per heavy atom. The van der Waals surface area contributed by atoms with Gasteiger partial charge in [0, 0.05) is 10.7 Å². The molecule has 0 radical (unpaired) electrons. The van der Waals surface area contributed by atoms with Gasteiger partial charge in [-0.25, -0.2) is 0 Å². The summed E-state index contributed by atoms with van der Waals surface area (Å²) in [5, 5.41) is 13.3. The van der Waals surface area contributed by atoms with Crippen molar-refractivity contribution in [3.8, 4) is 11.5 Å². The zero-order chi connectivity index (χ0) is 17.2. The second-order valence-electron chi connectivity index (χ2n) is 5.29. The molecule has 4 rings (SSSR count). The monoisotopic (exact) mass is 356 g/mol. The van der Waals surface area contributed by atoms with E-state index in [2.05, 4.69) is 20.8 Å². The summed E-state index contributed by atoms with van der Waals surface area (Å²) in [7, 11) is 0. The van der Waals surface area contributed by atoms with Crippen molar-refractivity contribution in [1.82, 2.24) is 10.2 Å². The first kappa shape index (κ1) is 15.3. The Kier molecular flexibility index (Phi) is 3.91. The molecule has 8 heteroatoms. The van der Waals surface area contributed by atoms with Gasteiger partial charge in [0.15, 0.2) is 17.3 Å². The van der Waals surface area contributed by atoms with Gasteiger partial charge in [-0.15, -0.1) is 0 Å². The van der Waals surface area contributed by atoms with Crippen LogP contribution in [-0.4, -0.2) is 22.9 Å². The SMILES string of the molecule is O=C(Nc1[nH]ncc1Nc1cccc(Cl)c1)c1cccc2c1OCO2. The standard InChI is InChI=1S/C17H13ClN4O3/c18-10-3-1-4-11(7-10)20-13-8-19-22-16(13)21-17(23)12-5-2-6-14-15(12)25-9-24-14/h1-8,20H,9H2,(H2,19,21,22,23). The van der Waals surface area contributed by atoms with E-state index >= 15 is 0 Å². The molecule has 0 saturated heterocycles. The quantitative estimate of drug-likeness (QED) is 0.662. The predicted molar refractivity (Wildman–Crippen MR) is 93.8 cm³/mol. The summed E-state index contributed by atoms with van der Waals surface area (Å²) in [5.74, 6) is 1.08. The largest absolute Gasteiger partial charge is 0.454 e. The Morgan fingerprint density at radius 2 is 2.08 bits per heavy atom. The number of fused-ring (bicyclic) bond motifs is 1. The molecule has 0 bridgehead atoms. The highest BCUT2D eigenvalue weighted by atomic mass is 35.5. The van der Waals surface area contributed by atoms with Crippen molar-refractivity contribution in [2.24, 2.45) is 0 Å². The number of hydrogen-bond acceptors (Lipinski definition) is 5. The number of H-pyrrole nitrogens is 1. The number of nitrogens with one attached hydrogen (secondary N) is 3. The fraction of sp³-hybridized carbons (Fsp3) is 0.0588. The smallest absolute Gasteiger partial charge is 0.260 e. The van der Waals surface area contributed by atoms with Gasteiger partial charge in [-0.2, -0.15) is 5.10 Å². The normalized spacial score (nSPS) is 12.0. The predicted octanol–water partition coefficient (Wildman–Crippen LogP) is 3.79. The Hall–Kier alpha value is -3.19. The first-order valence-electron chi connectivity index (χ1n) is 7.46. The molecule has 1 amide bonds. The van der Waals surface area contributed by atoms with Gasteiger partial charge in [-0.1, -0.05) is 23.7 Å². The third-order valence-corrected chi connectivity index (χ3v) is 3.86. The van der Waals surface area contributed by atoms with E-state index in [0.29, 0.717) is 33.6 Å². The van der Waals surface area contributed by atoms with E-state index in [9.17, 15) is 4.79 Å². The van der Waals surface area contributed by atoms with Crippen LogP contribution < -0.4 is 20.1 Å². The van der Waals surface area contributed by atoms with E-state index < -0.39 is 0 Å². The third kappa shape index (κ3) is 3.09. The Balaban J connectivity index is 1.55. The fourth-order valence-electron chi connectivity index (χ4n) is 2.49. The van der Waals surface area contributed by atoms with Crippen molar-refractivity contribution in [2.75, 3.05) is 17.4 Å². The molecule has 1 aliphatic heterocycles. The van der Waals surface area contributed by atoms with Crippen molar-refractivity contribution >= 4 is 34.7 Å². The maximum absolute atomic E-state index is 12.6. The van der Waals surface area contributed by atoms with Crippen LogP contribution in [0.25, 0.3) is 0 Å². The first-order valence-corrected chi connectivity index (χ1v) is 7.84. The third-order valence-electron chi connectivity index (χ3n) is 3.62. The van der Waals surface area contributed by atoms with Crippen LogP contribution >= 0.6 is 11.6 Å². The number of benzene rings is 2. The molecule has 0 saturated carbocycles. The molecule has 2 aromatic carbocycles. The van der Waals surface area contributed by atoms with E-state index in [1.165, 1.54) is 0 Å². The summed E-state index contributed by atoms with van der Waals surface area (Å²) in [5.41, 5.74) is 1.78. The second-order valence-corrected chi connectivity index (χ2v) is 5.72. The lowest BCUT2D eigenvalue weighted by Crippen LogP contribution is -2.14. The van der Waals surface area contributed by atoms with Crippen molar-refractivity contribution in [1.29, 1.82) is 0 Å². The number of carbonyl (C=O) groups excluding carboxylic acids is 1. The highest BCUT2D eigenvalue weighted by molar-refractivity contribution is 6.30. The number of halogens is 1. The van der Waals surface area contributed by atoms with Gasteiger partial charge in [0.1, 0.15) is 5.69 Å². The number of aromatic amines is 1. The maximum atomic E-state index is 12.6. The Morgan fingerprint density at radius 3 is 2.96 bits per heavy atom. The molecular formula is C17H13ClN4O3. The molecule has 0 unspecified atom stereocenters. The topological polar surface area (TPSA) is 88.3 Å².